The lowest BCUT2D eigenvalue weighted by Gasteiger charge is -2.44. The van der Waals surface area contributed by atoms with Gasteiger partial charge in [0, 0.05) is 44.4 Å². The van der Waals surface area contributed by atoms with Crippen LogP contribution >= 0.6 is 0 Å². The first-order valence-corrected chi connectivity index (χ1v) is 10.5. The Labute approximate surface area is 175 Å². The van der Waals surface area contributed by atoms with Crippen LogP contribution in [0.3, 0.4) is 0 Å². The third-order valence-corrected chi connectivity index (χ3v) is 6.13. The maximum absolute atomic E-state index is 10.2. The van der Waals surface area contributed by atoms with Crippen LogP contribution in [-0.4, -0.2) is 107 Å². The summed E-state index contributed by atoms with van der Waals surface area (Å²) >= 11 is 0. The van der Waals surface area contributed by atoms with E-state index in [1.165, 1.54) is 0 Å². The van der Waals surface area contributed by atoms with Gasteiger partial charge in [-0.2, -0.15) is 0 Å². The molecule has 3 rings (SSSR count). The first-order chi connectivity index (χ1) is 14.2. The van der Waals surface area contributed by atoms with Gasteiger partial charge in [-0.05, 0) is 6.42 Å². The van der Waals surface area contributed by atoms with Crippen LogP contribution in [0.5, 0.6) is 0 Å². The van der Waals surface area contributed by atoms with Gasteiger partial charge in [0.15, 0.2) is 12.6 Å². The van der Waals surface area contributed by atoms with E-state index in [1.807, 2.05) is 0 Å². The molecule has 30 heavy (non-hydrogen) atoms. The third-order valence-electron chi connectivity index (χ3n) is 6.13. The predicted octanol–water partition coefficient (Wildman–Crippen LogP) is -4.20. The molecule has 0 bridgehead atoms. The highest BCUT2D eigenvalue weighted by molar-refractivity contribution is 4.94. The van der Waals surface area contributed by atoms with E-state index >= 15 is 0 Å². The van der Waals surface area contributed by atoms with Gasteiger partial charge in [0.2, 0.25) is 0 Å². The topological polar surface area (TPSA) is 222 Å². The second kappa shape index (κ2) is 10.4. The molecule has 12 N–H and O–H groups in total. The van der Waals surface area contributed by atoms with E-state index in [2.05, 4.69) is 0 Å². The fraction of sp³-hybridized carbons (Fsp3) is 1.00. The molecule has 2 saturated heterocycles. The van der Waals surface area contributed by atoms with Crippen molar-refractivity contribution in [2.75, 3.05) is 13.1 Å². The van der Waals surface area contributed by atoms with Crippen molar-refractivity contribution in [3.05, 3.63) is 0 Å². The van der Waals surface area contributed by atoms with Crippen LogP contribution in [0, 0.1) is 0 Å². The van der Waals surface area contributed by atoms with E-state index in [1.54, 1.807) is 0 Å². The van der Waals surface area contributed by atoms with Crippen molar-refractivity contribution in [3.63, 3.8) is 0 Å². The quantitative estimate of drug-likeness (QED) is 0.198. The fourth-order valence-electron chi connectivity index (χ4n) is 4.25. The molecule has 1 aliphatic carbocycles. The Hall–Kier alpha value is -0.480. The Morgan fingerprint density at radius 3 is 2.00 bits per heavy atom. The normalized spacial score (nSPS) is 50.4. The van der Waals surface area contributed by atoms with Crippen molar-refractivity contribution in [2.24, 2.45) is 22.9 Å². The molecule has 2 aliphatic heterocycles. The average Bonchev–Trinajstić information content (AvgIpc) is 2.71. The van der Waals surface area contributed by atoms with Crippen molar-refractivity contribution in [1.29, 1.82) is 0 Å². The molecule has 3 unspecified atom stereocenters. The Bertz CT molecular complexity index is 548. The van der Waals surface area contributed by atoms with Crippen LogP contribution in [0.25, 0.3) is 0 Å². The molecule has 0 aromatic heterocycles. The van der Waals surface area contributed by atoms with Gasteiger partial charge in [0.25, 0.3) is 0 Å². The maximum atomic E-state index is 10.2. The zero-order valence-corrected chi connectivity index (χ0v) is 16.9. The van der Waals surface area contributed by atoms with E-state index in [0.717, 1.165) is 0 Å². The molecule has 0 aromatic rings. The SMILES string of the molecule is NC[C@H]1C[C@@H](O)[C@H](O)[C@@H](O[C@@H]2CC(OC3CC(O)[C@H](O)[C@@H](CN)O3)[C@H](N)C[C@H]2N)O1. The Balaban J connectivity index is 1.61. The number of hydrogen-bond acceptors (Lipinski definition) is 12. The molecule has 2 heterocycles. The van der Waals surface area contributed by atoms with Crippen LogP contribution in [0.15, 0.2) is 0 Å². The Morgan fingerprint density at radius 2 is 1.37 bits per heavy atom. The van der Waals surface area contributed by atoms with Gasteiger partial charge in [-0.25, -0.2) is 0 Å². The van der Waals surface area contributed by atoms with Gasteiger partial charge in [0.1, 0.15) is 18.3 Å². The summed E-state index contributed by atoms with van der Waals surface area (Å²) < 4.78 is 23.2. The van der Waals surface area contributed by atoms with Crippen molar-refractivity contribution in [1.82, 2.24) is 0 Å². The molecule has 176 valence electrons. The van der Waals surface area contributed by atoms with Gasteiger partial charge >= 0.3 is 0 Å². The molecule has 12 nitrogen and oxygen atoms in total. The highest BCUT2D eigenvalue weighted by Gasteiger charge is 2.44. The first kappa shape index (κ1) is 24.2. The zero-order valence-electron chi connectivity index (χ0n) is 16.9. The van der Waals surface area contributed by atoms with Gasteiger partial charge in [-0.1, -0.05) is 0 Å². The third kappa shape index (κ3) is 5.46. The number of aliphatic hydroxyl groups excluding tert-OH is 4. The largest absolute Gasteiger partial charge is 0.390 e. The lowest BCUT2D eigenvalue weighted by Crippen LogP contribution is -2.59. The fourth-order valence-corrected chi connectivity index (χ4v) is 4.25. The maximum Gasteiger partial charge on any atom is 0.186 e. The molecule has 12 heteroatoms. The Morgan fingerprint density at radius 1 is 0.733 bits per heavy atom. The van der Waals surface area contributed by atoms with Gasteiger partial charge in [-0.15, -0.1) is 0 Å². The number of nitrogens with two attached hydrogens (primary N) is 4. The molecule has 3 aliphatic rings. The molecule has 1 saturated carbocycles. The average molecular weight is 437 g/mol. The smallest absolute Gasteiger partial charge is 0.186 e. The molecule has 0 aromatic carbocycles. The highest BCUT2D eigenvalue weighted by Crippen LogP contribution is 2.30. The second-order valence-corrected chi connectivity index (χ2v) is 8.44. The van der Waals surface area contributed by atoms with Gasteiger partial charge < -0.3 is 62.3 Å². The summed E-state index contributed by atoms with van der Waals surface area (Å²) in [5, 5.41) is 40.2. The molecule has 0 radical (unpaired) electrons. The molecular formula is C18H36N4O8. The van der Waals surface area contributed by atoms with E-state index < -0.39 is 73.5 Å². The minimum absolute atomic E-state index is 0.0347. The second-order valence-electron chi connectivity index (χ2n) is 8.44. The molecule has 0 spiro atoms. The van der Waals surface area contributed by atoms with Crippen molar-refractivity contribution < 1.29 is 39.4 Å². The summed E-state index contributed by atoms with van der Waals surface area (Å²) in [6.45, 7) is 0.222. The monoisotopic (exact) mass is 436 g/mol. The van der Waals surface area contributed by atoms with Crippen LogP contribution in [0.1, 0.15) is 25.7 Å². The van der Waals surface area contributed by atoms with Crippen molar-refractivity contribution in [2.45, 2.75) is 99.2 Å². The summed E-state index contributed by atoms with van der Waals surface area (Å²) in [6, 6.07) is -0.828. The summed E-state index contributed by atoms with van der Waals surface area (Å²) in [7, 11) is 0. The number of hydrogen-bond donors (Lipinski definition) is 8. The Kier molecular flexibility index (Phi) is 8.40. The van der Waals surface area contributed by atoms with E-state index in [9.17, 15) is 20.4 Å². The predicted molar refractivity (Wildman–Crippen MR) is 104 cm³/mol. The standard InChI is InChI=1S/C18H36N4O8/c19-5-7-1-10(23)17(26)18(27-7)30-13-4-12(8(21)2-9(13)22)28-15-3-11(24)16(25)14(6-20)29-15/h7-18,23-26H,1-6,19-22H2/t7-,8-,9-,10-,11?,12?,13-,14-,15?,16+,17+,18-/m1/s1. The zero-order chi connectivity index (χ0) is 22.0. The molecule has 0 amide bonds. The summed E-state index contributed by atoms with van der Waals surface area (Å²) in [5.74, 6) is 0. The molecular weight excluding hydrogens is 400 g/mol. The molecule has 3 fully saturated rings. The van der Waals surface area contributed by atoms with Crippen LogP contribution in [-0.2, 0) is 18.9 Å². The number of ether oxygens (including phenoxy) is 4. The number of aliphatic hydroxyl groups is 4. The van der Waals surface area contributed by atoms with Crippen LogP contribution < -0.4 is 22.9 Å². The first-order valence-electron chi connectivity index (χ1n) is 10.5. The summed E-state index contributed by atoms with van der Waals surface area (Å²) in [4.78, 5) is 0. The summed E-state index contributed by atoms with van der Waals surface area (Å²) in [6.07, 6.45) is -7.44. The van der Waals surface area contributed by atoms with Crippen molar-refractivity contribution >= 4 is 0 Å². The highest BCUT2D eigenvalue weighted by atomic mass is 16.7. The van der Waals surface area contributed by atoms with E-state index in [4.69, 9.17) is 41.9 Å². The van der Waals surface area contributed by atoms with Gasteiger partial charge in [-0.3, -0.25) is 0 Å². The lowest BCUT2D eigenvalue weighted by atomic mass is 9.86. The van der Waals surface area contributed by atoms with E-state index in [0.29, 0.717) is 12.8 Å². The van der Waals surface area contributed by atoms with Crippen LogP contribution in [0.4, 0.5) is 0 Å². The summed E-state index contributed by atoms with van der Waals surface area (Å²) in [5.41, 5.74) is 23.6. The minimum Gasteiger partial charge on any atom is -0.390 e. The number of rotatable bonds is 6. The minimum atomic E-state index is -1.22. The van der Waals surface area contributed by atoms with Crippen molar-refractivity contribution in [3.8, 4) is 0 Å². The van der Waals surface area contributed by atoms with E-state index in [-0.39, 0.29) is 25.9 Å². The lowest BCUT2D eigenvalue weighted by molar-refractivity contribution is -0.294. The van der Waals surface area contributed by atoms with Crippen LogP contribution in [0.2, 0.25) is 0 Å². The van der Waals surface area contributed by atoms with Gasteiger partial charge in [0.05, 0.1) is 30.5 Å². The molecule has 12 atom stereocenters.